The Labute approximate surface area is 152 Å². The molecule has 2 aromatic rings. The minimum atomic E-state index is -0.574. The quantitative estimate of drug-likeness (QED) is 0.515. The molecule has 0 fully saturated rings. The summed E-state index contributed by atoms with van der Waals surface area (Å²) in [5.41, 5.74) is 6.41. The fourth-order valence-corrected chi connectivity index (χ4v) is 2.07. The molecule has 0 saturated carbocycles. The molecule has 2 aromatic carbocycles. The van der Waals surface area contributed by atoms with Crippen molar-refractivity contribution in [1.82, 2.24) is 0 Å². The average molecular weight is 374 g/mol. The van der Waals surface area contributed by atoms with Gasteiger partial charge in [-0.2, -0.15) is 0 Å². The molecule has 25 heavy (non-hydrogen) atoms. The number of rotatable bonds is 9. The lowest BCUT2D eigenvalue weighted by molar-refractivity contribution is 0.259. The molecule has 0 atom stereocenters. The van der Waals surface area contributed by atoms with Crippen LogP contribution >= 0.6 is 12.4 Å². The van der Waals surface area contributed by atoms with E-state index in [1.54, 1.807) is 18.2 Å². The number of hydrogen-bond donors (Lipinski definition) is 1. The Kier molecular flexibility index (Phi) is 8.84. The summed E-state index contributed by atoms with van der Waals surface area (Å²) in [5.74, 6) is 0.116. The number of nitrogen functional groups attached to an aromatic ring is 1. The Bertz CT molecular complexity index is 671. The number of anilines is 1. The van der Waals surface area contributed by atoms with Crippen molar-refractivity contribution in [3.63, 3.8) is 0 Å². The van der Waals surface area contributed by atoms with Gasteiger partial charge < -0.3 is 19.9 Å². The van der Waals surface area contributed by atoms with Gasteiger partial charge in [0.1, 0.15) is 17.3 Å². The molecule has 4 nitrogen and oxygen atoms in total. The number of benzene rings is 2. The zero-order chi connectivity index (χ0) is 17.4. The normalized spacial score (nSPS) is 10.0. The largest absolute Gasteiger partial charge is 0.494 e. The molecule has 0 aliphatic heterocycles. The molecule has 0 heterocycles. The predicted octanol–water partition coefficient (Wildman–Crippen LogP) is 4.61. The van der Waals surface area contributed by atoms with Gasteiger partial charge >= 0.3 is 0 Å². The minimum absolute atomic E-state index is 0. The van der Waals surface area contributed by atoms with E-state index in [2.05, 4.69) is 0 Å². The molecule has 0 aliphatic carbocycles. The Morgan fingerprint density at radius 1 is 0.880 bits per heavy atom. The topological polar surface area (TPSA) is 53.7 Å². The number of halogens is 3. The Morgan fingerprint density at radius 2 is 1.56 bits per heavy atom. The van der Waals surface area contributed by atoms with Gasteiger partial charge in [0, 0.05) is 12.1 Å². The number of ether oxygens (including phenoxy) is 3. The van der Waals surface area contributed by atoms with E-state index in [1.165, 1.54) is 0 Å². The summed E-state index contributed by atoms with van der Waals surface area (Å²) >= 11 is 0. The van der Waals surface area contributed by atoms with Crippen LogP contribution in [0.25, 0.3) is 0 Å². The predicted molar refractivity (Wildman–Crippen MR) is 95.9 cm³/mol. The summed E-state index contributed by atoms with van der Waals surface area (Å²) in [6, 6.07) is 8.41. The first-order valence-corrected chi connectivity index (χ1v) is 7.83. The Balaban J connectivity index is 0.00000312. The summed E-state index contributed by atoms with van der Waals surface area (Å²) in [6.07, 6.45) is 1.34. The van der Waals surface area contributed by atoms with E-state index in [-0.39, 0.29) is 24.8 Å². The molecular weight excluding hydrogens is 352 g/mol. The van der Waals surface area contributed by atoms with E-state index in [1.807, 2.05) is 6.92 Å². The van der Waals surface area contributed by atoms with Crippen molar-refractivity contribution in [1.29, 1.82) is 0 Å². The van der Waals surface area contributed by atoms with Crippen molar-refractivity contribution in [3.05, 3.63) is 48.0 Å². The third-order valence-electron chi connectivity index (χ3n) is 3.24. The lowest BCUT2D eigenvalue weighted by atomic mass is 10.2. The maximum absolute atomic E-state index is 13.4. The minimum Gasteiger partial charge on any atom is -0.494 e. The molecule has 0 amide bonds. The molecule has 138 valence electrons. The summed E-state index contributed by atoms with van der Waals surface area (Å²) in [7, 11) is 0. The molecule has 2 rings (SSSR count). The van der Waals surface area contributed by atoms with Crippen LogP contribution in [0.2, 0.25) is 0 Å². The SMILES string of the molecule is CCOc1ccc(OCCCCOc2cc(F)ccc2F)c(N)c1.Cl. The van der Waals surface area contributed by atoms with Crippen LogP contribution in [0.1, 0.15) is 19.8 Å². The van der Waals surface area contributed by atoms with Gasteiger partial charge in [-0.1, -0.05) is 0 Å². The fraction of sp³-hybridized carbons (Fsp3) is 0.333. The second-order valence-electron chi connectivity index (χ2n) is 5.11. The molecular formula is C18H22ClF2NO3. The lowest BCUT2D eigenvalue weighted by Crippen LogP contribution is -2.05. The molecule has 2 N–H and O–H groups in total. The molecule has 0 radical (unpaired) electrons. The molecule has 7 heteroatoms. The Morgan fingerprint density at radius 3 is 2.20 bits per heavy atom. The zero-order valence-corrected chi connectivity index (χ0v) is 14.8. The van der Waals surface area contributed by atoms with E-state index >= 15 is 0 Å². The van der Waals surface area contributed by atoms with Crippen molar-refractivity contribution < 1.29 is 23.0 Å². The first-order valence-electron chi connectivity index (χ1n) is 7.83. The molecule has 0 unspecified atom stereocenters. The molecule has 0 bridgehead atoms. The maximum Gasteiger partial charge on any atom is 0.165 e. The highest BCUT2D eigenvalue weighted by molar-refractivity contribution is 5.85. The summed E-state index contributed by atoms with van der Waals surface area (Å²) in [4.78, 5) is 0. The van der Waals surface area contributed by atoms with Gasteiger partial charge in [0.2, 0.25) is 0 Å². The van der Waals surface area contributed by atoms with Gasteiger partial charge in [-0.05, 0) is 44.0 Å². The maximum atomic E-state index is 13.4. The van der Waals surface area contributed by atoms with Gasteiger partial charge in [0.25, 0.3) is 0 Å². The monoisotopic (exact) mass is 373 g/mol. The molecule has 0 saturated heterocycles. The van der Waals surface area contributed by atoms with Gasteiger partial charge in [-0.3, -0.25) is 0 Å². The molecule has 0 spiro atoms. The van der Waals surface area contributed by atoms with Crippen molar-refractivity contribution in [2.24, 2.45) is 0 Å². The van der Waals surface area contributed by atoms with Gasteiger partial charge in [-0.15, -0.1) is 12.4 Å². The van der Waals surface area contributed by atoms with Crippen LogP contribution in [0, 0.1) is 11.6 Å². The fourth-order valence-electron chi connectivity index (χ4n) is 2.07. The van der Waals surface area contributed by atoms with E-state index < -0.39 is 11.6 Å². The summed E-state index contributed by atoms with van der Waals surface area (Å²) in [5, 5.41) is 0. The third kappa shape index (κ3) is 6.66. The van der Waals surface area contributed by atoms with Crippen molar-refractivity contribution in [2.45, 2.75) is 19.8 Å². The Hall–Kier alpha value is -2.21. The first kappa shape index (κ1) is 20.8. The highest BCUT2D eigenvalue weighted by Gasteiger charge is 2.05. The molecule has 0 aliphatic rings. The van der Waals surface area contributed by atoms with Crippen molar-refractivity contribution in [2.75, 3.05) is 25.6 Å². The zero-order valence-electron chi connectivity index (χ0n) is 14.0. The smallest absolute Gasteiger partial charge is 0.165 e. The summed E-state index contributed by atoms with van der Waals surface area (Å²) in [6.45, 7) is 3.21. The van der Waals surface area contributed by atoms with Gasteiger partial charge in [-0.25, -0.2) is 8.78 Å². The third-order valence-corrected chi connectivity index (χ3v) is 3.24. The highest BCUT2D eigenvalue weighted by atomic mass is 35.5. The first-order chi connectivity index (χ1) is 11.6. The van der Waals surface area contributed by atoms with Crippen molar-refractivity contribution in [3.8, 4) is 17.2 Å². The average Bonchev–Trinajstić information content (AvgIpc) is 2.56. The lowest BCUT2D eigenvalue weighted by Gasteiger charge is -2.11. The van der Waals surface area contributed by atoms with E-state index in [0.717, 1.165) is 18.2 Å². The standard InChI is InChI=1S/C18H21F2NO3.ClH/c1-2-22-14-6-8-17(16(21)12-14)23-9-3-4-10-24-18-11-13(19)5-7-15(18)20;/h5-8,11-12H,2-4,9-10,21H2,1H3;1H. The highest BCUT2D eigenvalue weighted by Crippen LogP contribution is 2.26. The number of hydrogen-bond acceptors (Lipinski definition) is 4. The molecule has 0 aromatic heterocycles. The van der Waals surface area contributed by atoms with Crippen LogP contribution in [0.5, 0.6) is 17.2 Å². The number of nitrogens with two attached hydrogens (primary N) is 1. The van der Waals surface area contributed by atoms with E-state index in [0.29, 0.717) is 43.2 Å². The van der Waals surface area contributed by atoms with Crippen LogP contribution in [-0.2, 0) is 0 Å². The van der Waals surface area contributed by atoms with Crippen LogP contribution in [0.3, 0.4) is 0 Å². The van der Waals surface area contributed by atoms with Gasteiger partial charge in [0.05, 0.1) is 25.5 Å². The van der Waals surface area contributed by atoms with Crippen LogP contribution in [0.4, 0.5) is 14.5 Å². The van der Waals surface area contributed by atoms with E-state index in [4.69, 9.17) is 19.9 Å². The second kappa shape index (κ2) is 10.6. The summed E-state index contributed by atoms with van der Waals surface area (Å²) < 4.78 is 42.5. The van der Waals surface area contributed by atoms with E-state index in [9.17, 15) is 8.78 Å². The number of unbranched alkanes of at least 4 members (excludes halogenated alkanes) is 1. The van der Waals surface area contributed by atoms with Crippen LogP contribution in [0.15, 0.2) is 36.4 Å². The second-order valence-corrected chi connectivity index (χ2v) is 5.11. The van der Waals surface area contributed by atoms with Crippen LogP contribution < -0.4 is 19.9 Å². The van der Waals surface area contributed by atoms with Crippen molar-refractivity contribution >= 4 is 18.1 Å². The van der Waals surface area contributed by atoms with Gasteiger partial charge in [0.15, 0.2) is 11.6 Å². The van der Waals surface area contributed by atoms with Crippen LogP contribution in [-0.4, -0.2) is 19.8 Å².